The second-order valence-electron chi connectivity index (χ2n) is 5.00. The van der Waals surface area contributed by atoms with Crippen molar-refractivity contribution in [1.29, 1.82) is 0 Å². The highest BCUT2D eigenvalue weighted by molar-refractivity contribution is 5.84. The molecular weight excluding hydrogens is 264 g/mol. The summed E-state index contributed by atoms with van der Waals surface area (Å²) in [6.45, 7) is 3.57. The van der Waals surface area contributed by atoms with Gasteiger partial charge < -0.3 is 15.5 Å². The lowest BCUT2D eigenvalue weighted by Gasteiger charge is -2.21. The number of rotatable bonds is 6. The van der Waals surface area contributed by atoms with E-state index in [9.17, 15) is 4.79 Å². The first kappa shape index (κ1) is 15.3. The van der Waals surface area contributed by atoms with Gasteiger partial charge in [-0.05, 0) is 26.1 Å². The summed E-state index contributed by atoms with van der Waals surface area (Å²) in [7, 11) is 3.80. The van der Waals surface area contributed by atoms with Gasteiger partial charge in [0, 0.05) is 31.1 Å². The van der Waals surface area contributed by atoms with Gasteiger partial charge in [0.15, 0.2) is 0 Å². The Labute approximate surface area is 125 Å². The molecule has 21 heavy (non-hydrogen) atoms. The molecule has 0 aliphatic carbocycles. The molecular formula is C16H22N4O. The fraction of sp³-hybridized carbons (Fsp3) is 0.375. The summed E-state index contributed by atoms with van der Waals surface area (Å²) >= 11 is 0. The topological polar surface area (TPSA) is 57.3 Å². The Balaban J connectivity index is 2.35. The molecule has 0 radical (unpaired) electrons. The van der Waals surface area contributed by atoms with Gasteiger partial charge in [-0.25, -0.2) is 4.98 Å². The van der Waals surface area contributed by atoms with E-state index in [4.69, 9.17) is 4.98 Å². The molecule has 0 fully saturated rings. The van der Waals surface area contributed by atoms with Crippen LogP contribution < -0.4 is 15.5 Å². The van der Waals surface area contributed by atoms with Crippen LogP contribution in [0, 0.1) is 0 Å². The summed E-state index contributed by atoms with van der Waals surface area (Å²) in [6, 6.07) is 10.1. The van der Waals surface area contributed by atoms with Gasteiger partial charge in [0.2, 0.25) is 5.91 Å². The van der Waals surface area contributed by atoms with Crippen LogP contribution in [0.3, 0.4) is 0 Å². The molecule has 0 spiro atoms. The quantitative estimate of drug-likeness (QED) is 0.845. The number of likely N-dealkylation sites (N-methyl/N-ethyl adjacent to an activating group) is 2. The van der Waals surface area contributed by atoms with E-state index in [-0.39, 0.29) is 5.91 Å². The third-order valence-corrected chi connectivity index (χ3v) is 3.26. The average molecular weight is 286 g/mol. The van der Waals surface area contributed by atoms with E-state index in [0.717, 1.165) is 22.3 Å². The van der Waals surface area contributed by atoms with Crippen molar-refractivity contribution in [3.05, 3.63) is 35.9 Å². The van der Waals surface area contributed by atoms with E-state index in [1.54, 1.807) is 0 Å². The number of hydrogen-bond acceptors (Lipinski definition) is 4. The number of nitrogens with one attached hydrogen (secondary N) is 2. The van der Waals surface area contributed by atoms with Gasteiger partial charge in [0.25, 0.3) is 0 Å². The number of nitrogens with zero attached hydrogens (tertiary/aromatic N) is 2. The van der Waals surface area contributed by atoms with Crippen molar-refractivity contribution in [2.75, 3.05) is 32.1 Å². The number of amides is 1. The third-order valence-electron chi connectivity index (χ3n) is 3.26. The maximum absolute atomic E-state index is 11.8. The Morgan fingerprint density at radius 3 is 2.81 bits per heavy atom. The maximum Gasteiger partial charge on any atom is 0.239 e. The van der Waals surface area contributed by atoms with Crippen LogP contribution in [0.2, 0.25) is 0 Å². The maximum atomic E-state index is 11.8. The molecule has 5 nitrogen and oxygen atoms in total. The van der Waals surface area contributed by atoms with Crippen LogP contribution in [0.5, 0.6) is 0 Å². The monoisotopic (exact) mass is 286 g/mol. The van der Waals surface area contributed by atoms with Crippen molar-refractivity contribution in [1.82, 2.24) is 15.6 Å². The lowest BCUT2D eigenvalue weighted by atomic mass is 10.1. The number of aromatic nitrogens is 1. The Kier molecular flexibility index (Phi) is 5.11. The van der Waals surface area contributed by atoms with Gasteiger partial charge in [-0.1, -0.05) is 18.2 Å². The van der Waals surface area contributed by atoms with Gasteiger partial charge in [-0.15, -0.1) is 0 Å². The Morgan fingerprint density at radius 2 is 2.10 bits per heavy atom. The van der Waals surface area contributed by atoms with Crippen molar-refractivity contribution in [2.45, 2.75) is 13.5 Å². The van der Waals surface area contributed by atoms with Crippen LogP contribution in [0.15, 0.2) is 30.3 Å². The molecule has 2 N–H and O–H groups in total. The minimum Gasteiger partial charge on any atom is -0.355 e. The number of hydrogen-bond donors (Lipinski definition) is 2. The lowest BCUT2D eigenvalue weighted by Crippen LogP contribution is -2.36. The van der Waals surface area contributed by atoms with Crippen LogP contribution in [-0.2, 0) is 11.3 Å². The van der Waals surface area contributed by atoms with Crippen molar-refractivity contribution in [3.8, 4) is 0 Å². The highest BCUT2D eigenvalue weighted by Gasteiger charge is 2.13. The van der Waals surface area contributed by atoms with Crippen molar-refractivity contribution in [3.63, 3.8) is 0 Å². The van der Waals surface area contributed by atoms with Crippen LogP contribution in [0.4, 0.5) is 5.82 Å². The van der Waals surface area contributed by atoms with E-state index in [2.05, 4.69) is 22.8 Å². The minimum absolute atomic E-state index is 0.00497. The second-order valence-corrected chi connectivity index (χ2v) is 5.00. The first-order chi connectivity index (χ1) is 10.2. The summed E-state index contributed by atoms with van der Waals surface area (Å²) in [5, 5.41) is 7.08. The summed E-state index contributed by atoms with van der Waals surface area (Å²) in [6.07, 6.45) is 0. The molecule has 0 aliphatic rings. The minimum atomic E-state index is 0.00497. The smallest absolute Gasteiger partial charge is 0.239 e. The summed E-state index contributed by atoms with van der Waals surface area (Å²) in [5.41, 5.74) is 2.03. The molecule has 1 aromatic carbocycles. The predicted octanol–water partition coefficient (Wildman–Crippen LogP) is 1.53. The molecule has 5 heteroatoms. The highest BCUT2D eigenvalue weighted by atomic mass is 16.2. The van der Waals surface area contributed by atoms with Crippen LogP contribution in [-0.4, -0.2) is 38.1 Å². The number of fused-ring (bicyclic) bond motifs is 1. The average Bonchev–Trinajstić information content (AvgIpc) is 2.47. The molecule has 1 amide bonds. The SMILES string of the molecule is CCNC(=O)CN(C)c1nc2ccccc2cc1CNC. The van der Waals surface area contributed by atoms with Crippen molar-refractivity contribution >= 4 is 22.6 Å². The molecule has 1 aromatic heterocycles. The third kappa shape index (κ3) is 3.70. The largest absolute Gasteiger partial charge is 0.355 e. The van der Waals surface area contributed by atoms with Crippen molar-refractivity contribution < 1.29 is 4.79 Å². The number of carbonyl (C=O) groups is 1. The van der Waals surface area contributed by atoms with E-state index >= 15 is 0 Å². The lowest BCUT2D eigenvalue weighted by molar-refractivity contribution is -0.119. The number of carbonyl (C=O) groups excluding carboxylic acids is 1. The Hall–Kier alpha value is -2.14. The number of pyridine rings is 1. The molecule has 0 unspecified atom stereocenters. The first-order valence-electron chi connectivity index (χ1n) is 7.16. The van der Waals surface area contributed by atoms with E-state index in [1.807, 2.05) is 44.1 Å². The van der Waals surface area contributed by atoms with E-state index in [0.29, 0.717) is 19.6 Å². The summed E-state index contributed by atoms with van der Waals surface area (Å²) < 4.78 is 0. The van der Waals surface area contributed by atoms with Crippen LogP contribution >= 0.6 is 0 Å². The molecule has 0 saturated carbocycles. The van der Waals surface area contributed by atoms with Gasteiger partial charge in [-0.3, -0.25) is 4.79 Å². The first-order valence-corrected chi connectivity index (χ1v) is 7.16. The Bertz CT molecular complexity index is 627. The fourth-order valence-electron chi connectivity index (χ4n) is 2.34. The molecule has 1 heterocycles. The van der Waals surface area contributed by atoms with E-state index < -0.39 is 0 Å². The zero-order chi connectivity index (χ0) is 15.2. The predicted molar refractivity (Wildman–Crippen MR) is 86.5 cm³/mol. The molecule has 0 aliphatic heterocycles. The molecule has 0 bridgehead atoms. The van der Waals surface area contributed by atoms with Crippen LogP contribution in [0.1, 0.15) is 12.5 Å². The zero-order valence-electron chi connectivity index (χ0n) is 12.8. The van der Waals surface area contributed by atoms with Gasteiger partial charge in [0.1, 0.15) is 5.82 Å². The standard InChI is InChI=1S/C16H22N4O/c1-4-18-15(21)11-20(3)16-13(10-17-2)9-12-7-5-6-8-14(12)19-16/h5-9,17H,4,10-11H2,1-3H3,(H,18,21). The highest BCUT2D eigenvalue weighted by Crippen LogP contribution is 2.22. The van der Waals surface area contributed by atoms with E-state index in [1.165, 1.54) is 0 Å². The normalized spacial score (nSPS) is 10.6. The second kappa shape index (κ2) is 7.04. The van der Waals surface area contributed by atoms with Crippen molar-refractivity contribution in [2.24, 2.45) is 0 Å². The fourth-order valence-corrected chi connectivity index (χ4v) is 2.34. The summed E-state index contributed by atoms with van der Waals surface area (Å²) in [5.74, 6) is 0.847. The number of anilines is 1. The summed E-state index contributed by atoms with van der Waals surface area (Å²) in [4.78, 5) is 18.4. The molecule has 0 saturated heterocycles. The zero-order valence-corrected chi connectivity index (χ0v) is 12.8. The Morgan fingerprint density at radius 1 is 1.33 bits per heavy atom. The molecule has 112 valence electrons. The van der Waals surface area contributed by atoms with Gasteiger partial charge in [0.05, 0.1) is 12.1 Å². The molecule has 2 aromatic rings. The van der Waals surface area contributed by atoms with Gasteiger partial charge >= 0.3 is 0 Å². The number of benzene rings is 1. The van der Waals surface area contributed by atoms with Crippen LogP contribution in [0.25, 0.3) is 10.9 Å². The molecule has 2 rings (SSSR count). The number of para-hydroxylation sites is 1. The van der Waals surface area contributed by atoms with Gasteiger partial charge in [-0.2, -0.15) is 0 Å². The molecule has 0 atom stereocenters.